The van der Waals surface area contributed by atoms with Crippen molar-refractivity contribution in [3.05, 3.63) is 54.3 Å². The largest absolute Gasteiger partial charge is 0.246 e. The molecule has 0 unspecified atom stereocenters. The van der Waals surface area contributed by atoms with E-state index in [0.29, 0.717) is 24.2 Å². The van der Waals surface area contributed by atoms with E-state index in [2.05, 4.69) is 0 Å². The molecule has 5 heteroatoms. The summed E-state index contributed by atoms with van der Waals surface area (Å²) < 4.78 is 40.9. The zero-order chi connectivity index (χ0) is 15.5. The van der Waals surface area contributed by atoms with Crippen LogP contribution in [0.15, 0.2) is 53.4 Å². The average molecular weight is 307 g/mol. The minimum absolute atomic E-state index is 0.250. The van der Waals surface area contributed by atoms with Crippen LogP contribution >= 0.6 is 0 Å². The zero-order valence-corrected chi connectivity index (χ0v) is 12.9. The average Bonchev–Trinajstić information content (AvgIpc) is 2.48. The molecular formula is C16H18FNO2S. The maximum atomic E-state index is 14.3. The fraction of sp³-hybridized carbons (Fsp3) is 0.250. The summed E-state index contributed by atoms with van der Waals surface area (Å²) >= 11 is 0. The maximum absolute atomic E-state index is 14.3. The molecule has 112 valence electrons. The summed E-state index contributed by atoms with van der Waals surface area (Å²) in [6, 6.07) is 13.3. The topological polar surface area (TPSA) is 37.4 Å². The second-order valence-electron chi connectivity index (χ2n) is 4.57. The van der Waals surface area contributed by atoms with Gasteiger partial charge in [0.1, 0.15) is 10.7 Å². The second-order valence-corrected chi connectivity index (χ2v) is 6.45. The molecule has 0 spiro atoms. The third-order valence-electron chi connectivity index (χ3n) is 3.36. The molecule has 0 heterocycles. The molecule has 2 rings (SSSR count). The summed E-state index contributed by atoms with van der Waals surface area (Å²) in [6.45, 7) is 4.09. The lowest BCUT2D eigenvalue weighted by molar-refractivity contribution is 0.440. The van der Waals surface area contributed by atoms with Crippen molar-refractivity contribution in [2.75, 3.05) is 13.1 Å². The van der Waals surface area contributed by atoms with Crippen LogP contribution in [0.3, 0.4) is 0 Å². The summed E-state index contributed by atoms with van der Waals surface area (Å²) in [5, 5.41) is 0. The first-order valence-corrected chi connectivity index (χ1v) is 8.30. The van der Waals surface area contributed by atoms with Crippen molar-refractivity contribution in [3.63, 3.8) is 0 Å². The Morgan fingerprint density at radius 2 is 1.57 bits per heavy atom. The Kier molecular flexibility index (Phi) is 4.75. The lowest BCUT2D eigenvalue weighted by atomic mass is 10.1. The first kappa shape index (κ1) is 15.7. The van der Waals surface area contributed by atoms with Crippen molar-refractivity contribution >= 4 is 10.0 Å². The van der Waals surface area contributed by atoms with Gasteiger partial charge in [0.2, 0.25) is 10.0 Å². The highest BCUT2D eigenvalue weighted by atomic mass is 32.2. The standard InChI is InChI=1S/C16H18FNO2S/c1-3-18(4-2)21(19,20)16-14(11-8-12-15(16)17)13-9-6-5-7-10-13/h5-12H,3-4H2,1-2H3. The molecule has 2 aromatic rings. The van der Waals surface area contributed by atoms with E-state index < -0.39 is 15.8 Å². The molecule has 0 atom stereocenters. The van der Waals surface area contributed by atoms with E-state index in [-0.39, 0.29) is 4.90 Å². The van der Waals surface area contributed by atoms with Crippen LogP contribution < -0.4 is 0 Å². The highest BCUT2D eigenvalue weighted by molar-refractivity contribution is 7.89. The van der Waals surface area contributed by atoms with Crippen LogP contribution in [0.1, 0.15) is 13.8 Å². The summed E-state index contributed by atoms with van der Waals surface area (Å²) in [4.78, 5) is -0.250. The molecule has 0 fully saturated rings. The minimum atomic E-state index is -3.85. The Morgan fingerprint density at radius 3 is 2.14 bits per heavy atom. The third kappa shape index (κ3) is 2.99. The fourth-order valence-corrected chi connectivity index (χ4v) is 4.02. The van der Waals surface area contributed by atoms with Crippen LogP contribution in [0.2, 0.25) is 0 Å². The predicted octanol–water partition coefficient (Wildman–Crippen LogP) is 3.52. The van der Waals surface area contributed by atoms with E-state index in [1.807, 2.05) is 6.07 Å². The predicted molar refractivity (Wildman–Crippen MR) is 81.9 cm³/mol. The van der Waals surface area contributed by atoms with Gasteiger partial charge in [-0.2, -0.15) is 4.31 Å². The summed E-state index contributed by atoms with van der Waals surface area (Å²) in [7, 11) is -3.85. The number of sulfonamides is 1. The van der Waals surface area contributed by atoms with Gasteiger partial charge in [-0.25, -0.2) is 12.8 Å². The van der Waals surface area contributed by atoms with Crippen molar-refractivity contribution in [2.45, 2.75) is 18.7 Å². The molecule has 0 saturated carbocycles. The zero-order valence-electron chi connectivity index (χ0n) is 12.1. The molecule has 0 amide bonds. The van der Waals surface area contributed by atoms with Crippen LogP contribution in [-0.4, -0.2) is 25.8 Å². The quantitative estimate of drug-likeness (QED) is 0.847. The van der Waals surface area contributed by atoms with Crippen LogP contribution in [-0.2, 0) is 10.0 Å². The summed E-state index contributed by atoms with van der Waals surface area (Å²) in [5.74, 6) is -0.719. The van der Waals surface area contributed by atoms with Gasteiger partial charge in [-0.05, 0) is 11.6 Å². The van der Waals surface area contributed by atoms with Gasteiger partial charge in [0.15, 0.2) is 0 Å². The summed E-state index contributed by atoms with van der Waals surface area (Å²) in [5.41, 5.74) is 1.07. The van der Waals surface area contributed by atoms with Crippen molar-refractivity contribution in [1.82, 2.24) is 4.31 Å². The Labute approximate surface area is 125 Å². The Morgan fingerprint density at radius 1 is 0.952 bits per heavy atom. The molecule has 3 nitrogen and oxygen atoms in total. The van der Waals surface area contributed by atoms with Crippen molar-refractivity contribution in [3.8, 4) is 11.1 Å². The van der Waals surface area contributed by atoms with Crippen molar-refractivity contribution in [1.29, 1.82) is 0 Å². The Hall–Kier alpha value is -1.72. The van der Waals surface area contributed by atoms with Crippen LogP contribution in [0.25, 0.3) is 11.1 Å². The number of benzene rings is 2. The van der Waals surface area contributed by atoms with E-state index in [9.17, 15) is 12.8 Å². The first-order valence-electron chi connectivity index (χ1n) is 6.86. The molecule has 0 saturated heterocycles. The lowest BCUT2D eigenvalue weighted by Gasteiger charge is -2.21. The molecule has 0 bridgehead atoms. The highest BCUT2D eigenvalue weighted by Crippen LogP contribution is 2.31. The van der Waals surface area contributed by atoms with Crippen LogP contribution in [0.5, 0.6) is 0 Å². The molecule has 0 aliphatic rings. The second kappa shape index (κ2) is 6.37. The molecule has 0 radical (unpaired) electrons. The number of nitrogens with zero attached hydrogens (tertiary/aromatic N) is 1. The highest BCUT2D eigenvalue weighted by Gasteiger charge is 2.28. The number of hydrogen-bond acceptors (Lipinski definition) is 2. The van der Waals surface area contributed by atoms with Crippen LogP contribution in [0.4, 0.5) is 4.39 Å². The Balaban J connectivity index is 2.70. The van der Waals surface area contributed by atoms with E-state index >= 15 is 0 Å². The van der Waals surface area contributed by atoms with Gasteiger partial charge >= 0.3 is 0 Å². The van der Waals surface area contributed by atoms with Gasteiger partial charge in [-0.3, -0.25) is 0 Å². The number of rotatable bonds is 5. The Bertz CT molecular complexity index is 710. The fourth-order valence-electron chi connectivity index (χ4n) is 2.31. The van der Waals surface area contributed by atoms with Crippen LogP contribution in [0, 0.1) is 5.82 Å². The van der Waals surface area contributed by atoms with E-state index in [4.69, 9.17) is 0 Å². The van der Waals surface area contributed by atoms with Gasteiger partial charge in [-0.1, -0.05) is 56.3 Å². The molecule has 0 N–H and O–H groups in total. The number of halogens is 1. The normalized spacial score (nSPS) is 11.8. The number of hydrogen-bond donors (Lipinski definition) is 0. The lowest BCUT2D eigenvalue weighted by Crippen LogP contribution is -2.31. The molecule has 0 aliphatic carbocycles. The minimum Gasteiger partial charge on any atom is -0.207 e. The molecule has 21 heavy (non-hydrogen) atoms. The van der Waals surface area contributed by atoms with Gasteiger partial charge in [-0.15, -0.1) is 0 Å². The van der Waals surface area contributed by atoms with E-state index in [1.54, 1.807) is 44.2 Å². The van der Waals surface area contributed by atoms with Gasteiger partial charge in [0.05, 0.1) is 0 Å². The van der Waals surface area contributed by atoms with Crippen molar-refractivity contribution in [2.24, 2.45) is 0 Å². The molecule has 2 aromatic carbocycles. The monoisotopic (exact) mass is 307 g/mol. The maximum Gasteiger partial charge on any atom is 0.246 e. The molecule has 0 aliphatic heterocycles. The molecule has 0 aromatic heterocycles. The molecular weight excluding hydrogens is 289 g/mol. The first-order chi connectivity index (χ1) is 10.0. The van der Waals surface area contributed by atoms with Gasteiger partial charge in [0, 0.05) is 18.7 Å². The van der Waals surface area contributed by atoms with E-state index in [1.165, 1.54) is 16.4 Å². The van der Waals surface area contributed by atoms with Crippen molar-refractivity contribution < 1.29 is 12.8 Å². The SMILES string of the molecule is CCN(CC)S(=O)(=O)c1c(F)cccc1-c1ccccc1. The van der Waals surface area contributed by atoms with Gasteiger partial charge in [0.25, 0.3) is 0 Å². The third-order valence-corrected chi connectivity index (χ3v) is 5.48. The summed E-state index contributed by atoms with van der Waals surface area (Å²) in [6.07, 6.45) is 0. The van der Waals surface area contributed by atoms with Gasteiger partial charge < -0.3 is 0 Å². The smallest absolute Gasteiger partial charge is 0.207 e. The van der Waals surface area contributed by atoms with E-state index in [0.717, 1.165) is 0 Å².